The van der Waals surface area contributed by atoms with Crippen molar-refractivity contribution in [3.05, 3.63) is 36.6 Å². The smallest absolute Gasteiger partial charge is 0.137 e. The third-order valence-corrected chi connectivity index (χ3v) is 4.08. The van der Waals surface area contributed by atoms with E-state index in [1.54, 1.807) is 11.0 Å². The molecular weight excluding hydrogens is 242 g/mol. The van der Waals surface area contributed by atoms with Gasteiger partial charge in [0.2, 0.25) is 0 Å². The Labute approximate surface area is 112 Å². The van der Waals surface area contributed by atoms with Crippen molar-refractivity contribution < 1.29 is 4.74 Å². The molecule has 2 heterocycles. The van der Waals surface area contributed by atoms with Crippen molar-refractivity contribution in [2.24, 2.45) is 17.4 Å². The van der Waals surface area contributed by atoms with Crippen LogP contribution in [0.2, 0.25) is 0 Å². The Hall–Kier alpha value is -1.66. The highest BCUT2D eigenvalue weighted by Gasteiger charge is 2.42. The monoisotopic (exact) mass is 261 g/mol. The summed E-state index contributed by atoms with van der Waals surface area (Å²) < 4.78 is 7.21. The minimum atomic E-state index is -0.486. The topological polar surface area (TPSA) is 92.0 Å². The minimum Gasteiger partial charge on any atom is -0.399 e. The van der Waals surface area contributed by atoms with Gasteiger partial charge >= 0.3 is 0 Å². The third kappa shape index (κ3) is 2.17. The highest BCUT2D eigenvalue weighted by Crippen LogP contribution is 2.38. The van der Waals surface area contributed by atoms with Gasteiger partial charge in [0.1, 0.15) is 12.7 Å². The van der Waals surface area contributed by atoms with E-state index in [9.17, 15) is 0 Å². The predicted octanol–water partition coefficient (Wildman–Crippen LogP) is 0.356. The molecule has 102 valence electrons. The summed E-state index contributed by atoms with van der Waals surface area (Å²) in [5.74, 6) is 0.357. The van der Waals surface area contributed by atoms with E-state index in [1.807, 2.05) is 18.2 Å². The van der Waals surface area contributed by atoms with Gasteiger partial charge in [-0.1, -0.05) is 6.08 Å². The van der Waals surface area contributed by atoms with Crippen LogP contribution in [0.25, 0.3) is 0 Å². The zero-order valence-corrected chi connectivity index (χ0v) is 10.8. The molecule has 1 aromatic rings. The van der Waals surface area contributed by atoms with Crippen molar-refractivity contribution in [2.75, 3.05) is 13.2 Å². The van der Waals surface area contributed by atoms with E-state index >= 15 is 0 Å². The van der Waals surface area contributed by atoms with Crippen LogP contribution < -0.4 is 11.5 Å². The van der Waals surface area contributed by atoms with E-state index in [0.717, 1.165) is 26.1 Å². The lowest BCUT2D eigenvalue weighted by Gasteiger charge is -2.43. The number of allylic oxidation sites excluding steroid dienone is 1. The molecule has 0 radical (unpaired) electrons. The van der Waals surface area contributed by atoms with E-state index in [1.165, 1.54) is 6.33 Å². The van der Waals surface area contributed by atoms with Crippen LogP contribution in [0.15, 0.2) is 36.6 Å². The lowest BCUT2D eigenvalue weighted by molar-refractivity contribution is 0.0391. The van der Waals surface area contributed by atoms with Crippen molar-refractivity contribution in [1.82, 2.24) is 14.8 Å². The van der Waals surface area contributed by atoms with Crippen molar-refractivity contribution in [2.45, 2.75) is 24.4 Å². The molecule has 1 aromatic heterocycles. The lowest BCUT2D eigenvalue weighted by Crippen LogP contribution is -2.54. The Balaban J connectivity index is 1.95. The maximum atomic E-state index is 6.70. The van der Waals surface area contributed by atoms with E-state index < -0.39 is 5.54 Å². The fourth-order valence-electron chi connectivity index (χ4n) is 2.96. The first kappa shape index (κ1) is 12.4. The summed E-state index contributed by atoms with van der Waals surface area (Å²) in [4.78, 5) is 4.01. The number of hydrogen-bond donors (Lipinski definition) is 2. The quantitative estimate of drug-likeness (QED) is 0.801. The molecule has 1 aliphatic carbocycles. The van der Waals surface area contributed by atoms with Crippen LogP contribution in [-0.2, 0) is 4.74 Å². The number of nitrogens with two attached hydrogens (primary N) is 2. The fourth-order valence-corrected chi connectivity index (χ4v) is 2.96. The van der Waals surface area contributed by atoms with Crippen LogP contribution in [0.4, 0.5) is 0 Å². The van der Waals surface area contributed by atoms with Crippen molar-refractivity contribution in [1.29, 1.82) is 0 Å². The molecule has 2 atom stereocenters. The first-order valence-corrected chi connectivity index (χ1v) is 6.57. The number of ether oxygens (including phenoxy) is 1. The van der Waals surface area contributed by atoms with Crippen LogP contribution in [0.3, 0.4) is 0 Å². The summed E-state index contributed by atoms with van der Waals surface area (Å²) in [5.41, 5.74) is 12.8. The van der Waals surface area contributed by atoms with Gasteiger partial charge in [0.15, 0.2) is 0 Å². The Morgan fingerprint density at radius 3 is 2.84 bits per heavy atom. The van der Waals surface area contributed by atoms with Crippen LogP contribution >= 0.6 is 0 Å². The van der Waals surface area contributed by atoms with Gasteiger partial charge in [-0.2, -0.15) is 5.10 Å². The first-order chi connectivity index (χ1) is 9.20. The lowest BCUT2D eigenvalue weighted by atomic mass is 9.72. The second-order valence-corrected chi connectivity index (χ2v) is 5.21. The molecule has 0 spiro atoms. The maximum absolute atomic E-state index is 6.70. The molecule has 3 rings (SSSR count). The second kappa shape index (κ2) is 4.79. The molecule has 2 unspecified atom stereocenters. The average Bonchev–Trinajstić information content (AvgIpc) is 2.96. The summed E-state index contributed by atoms with van der Waals surface area (Å²) in [6.07, 6.45) is 11.0. The highest BCUT2D eigenvalue weighted by molar-refractivity contribution is 5.32. The molecule has 0 aromatic carbocycles. The number of nitrogens with zero attached hydrogens (tertiary/aromatic N) is 3. The molecule has 1 fully saturated rings. The van der Waals surface area contributed by atoms with Gasteiger partial charge in [0.05, 0.1) is 11.6 Å². The molecule has 0 amide bonds. The van der Waals surface area contributed by atoms with Crippen LogP contribution in [0.1, 0.15) is 18.9 Å². The van der Waals surface area contributed by atoms with Gasteiger partial charge in [-0.3, -0.25) is 0 Å². The zero-order valence-electron chi connectivity index (χ0n) is 10.8. The van der Waals surface area contributed by atoms with Crippen molar-refractivity contribution in [3.8, 4) is 0 Å². The molecule has 0 saturated carbocycles. The first-order valence-electron chi connectivity index (χ1n) is 6.57. The van der Waals surface area contributed by atoms with Gasteiger partial charge in [0.25, 0.3) is 0 Å². The molecule has 1 aliphatic heterocycles. The maximum Gasteiger partial charge on any atom is 0.137 e. The van der Waals surface area contributed by atoms with Crippen LogP contribution in [0, 0.1) is 5.92 Å². The van der Waals surface area contributed by atoms with Gasteiger partial charge in [-0.15, -0.1) is 0 Å². The third-order valence-electron chi connectivity index (χ3n) is 4.08. The van der Waals surface area contributed by atoms with E-state index in [-0.39, 0.29) is 6.04 Å². The standard InChI is InChI=1S/C13H19N5O/c14-11-1-4-13(15,10-2-5-19-6-3-10)12(7-11)18-9-16-8-17-18/h1,4,7-10,12H,2-3,5-6,14-15H2. The van der Waals surface area contributed by atoms with Crippen molar-refractivity contribution in [3.63, 3.8) is 0 Å². The summed E-state index contributed by atoms with van der Waals surface area (Å²) in [6, 6.07) is -0.0944. The highest BCUT2D eigenvalue weighted by atomic mass is 16.5. The Kier molecular flexibility index (Phi) is 3.12. The summed E-state index contributed by atoms with van der Waals surface area (Å²) in [5, 5.41) is 4.22. The normalized spacial score (nSPS) is 32.3. The SMILES string of the molecule is NC1=CC(n2cncn2)C(N)(C2CCOCC2)C=C1. The van der Waals surface area contributed by atoms with E-state index in [4.69, 9.17) is 16.2 Å². The van der Waals surface area contributed by atoms with E-state index in [2.05, 4.69) is 10.1 Å². The predicted molar refractivity (Wildman–Crippen MR) is 70.9 cm³/mol. The number of aromatic nitrogens is 3. The Morgan fingerprint density at radius 2 is 2.16 bits per heavy atom. The Bertz CT molecular complexity index is 489. The molecule has 6 heteroatoms. The van der Waals surface area contributed by atoms with Gasteiger partial charge in [-0.25, -0.2) is 9.67 Å². The molecular formula is C13H19N5O. The fraction of sp³-hybridized carbons (Fsp3) is 0.538. The number of hydrogen-bond acceptors (Lipinski definition) is 5. The van der Waals surface area contributed by atoms with Crippen LogP contribution in [-0.4, -0.2) is 33.5 Å². The number of rotatable bonds is 2. The summed E-state index contributed by atoms with van der Waals surface area (Å²) >= 11 is 0. The molecule has 4 N–H and O–H groups in total. The summed E-state index contributed by atoms with van der Waals surface area (Å²) in [6.45, 7) is 1.53. The van der Waals surface area contributed by atoms with Crippen molar-refractivity contribution >= 4 is 0 Å². The molecule has 6 nitrogen and oxygen atoms in total. The van der Waals surface area contributed by atoms with Gasteiger partial charge in [-0.05, 0) is 30.9 Å². The Morgan fingerprint density at radius 1 is 1.37 bits per heavy atom. The zero-order chi connectivity index (χ0) is 13.3. The molecule has 2 aliphatic rings. The largest absolute Gasteiger partial charge is 0.399 e. The van der Waals surface area contributed by atoms with E-state index in [0.29, 0.717) is 11.6 Å². The summed E-state index contributed by atoms with van der Waals surface area (Å²) in [7, 11) is 0. The average molecular weight is 261 g/mol. The van der Waals surface area contributed by atoms with Gasteiger partial charge < -0.3 is 16.2 Å². The van der Waals surface area contributed by atoms with Crippen LogP contribution in [0.5, 0.6) is 0 Å². The molecule has 19 heavy (non-hydrogen) atoms. The van der Waals surface area contributed by atoms with Gasteiger partial charge in [0, 0.05) is 18.9 Å². The minimum absolute atomic E-state index is 0.0944. The molecule has 1 saturated heterocycles. The second-order valence-electron chi connectivity index (χ2n) is 5.21. The molecule has 0 bridgehead atoms.